The van der Waals surface area contributed by atoms with Crippen LogP contribution < -0.4 is 10.1 Å². The highest BCUT2D eigenvalue weighted by Gasteiger charge is 2.42. The minimum absolute atomic E-state index is 0.131. The maximum Gasteiger partial charge on any atom is 0.416 e. The molecule has 0 saturated carbocycles. The highest BCUT2D eigenvalue weighted by Crippen LogP contribution is 2.36. The normalized spacial score (nSPS) is 12.2. The molecule has 158 valence electrons. The van der Waals surface area contributed by atoms with E-state index in [1.165, 1.54) is 18.2 Å². The Bertz CT molecular complexity index is 904. The third-order valence-electron chi connectivity index (χ3n) is 3.47. The number of carbonyl (C=O) groups is 1. The second-order valence-corrected chi connectivity index (χ2v) is 6.48. The average Bonchev–Trinajstić information content (AvgIpc) is 2.59. The van der Waals surface area contributed by atoms with E-state index in [2.05, 4.69) is 4.74 Å². The van der Waals surface area contributed by atoms with Crippen molar-refractivity contribution in [1.82, 2.24) is 0 Å². The molecule has 0 aliphatic carbocycles. The van der Waals surface area contributed by atoms with Crippen molar-refractivity contribution in [2.75, 3.05) is 11.9 Å². The second-order valence-electron chi connectivity index (χ2n) is 5.64. The Kier molecular flexibility index (Phi) is 6.89. The topological polar surface area (TPSA) is 38.3 Å². The lowest BCUT2D eigenvalue weighted by atomic mass is 10.1. The highest BCUT2D eigenvalue weighted by atomic mass is 35.5. The molecular weight excluding hydrogens is 454 g/mol. The van der Waals surface area contributed by atoms with Crippen molar-refractivity contribution in [3.05, 3.63) is 57.6 Å². The molecule has 2 rings (SSSR count). The molecule has 0 aliphatic heterocycles. The number of rotatable bonds is 6. The number of amides is 1. The quantitative estimate of drug-likeness (QED) is 0.493. The van der Waals surface area contributed by atoms with Crippen molar-refractivity contribution in [1.29, 1.82) is 0 Å². The van der Waals surface area contributed by atoms with E-state index in [4.69, 9.17) is 23.2 Å². The van der Waals surface area contributed by atoms with Gasteiger partial charge in [0.15, 0.2) is 6.61 Å². The number of carbonyl (C=O) groups excluding carboxylic acids is 1. The van der Waals surface area contributed by atoms with Crippen LogP contribution in [0.4, 0.5) is 36.4 Å². The number of anilines is 1. The molecule has 0 aromatic heterocycles. The molecule has 12 heteroatoms. The molecule has 0 bridgehead atoms. The number of halogens is 9. The molecule has 0 atom stereocenters. The first-order valence-electron chi connectivity index (χ1n) is 7.57. The van der Waals surface area contributed by atoms with Crippen LogP contribution in [0.15, 0.2) is 36.4 Å². The molecule has 0 spiro atoms. The fourth-order valence-corrected chi connectivity index (χ4v) is 2.52. The highest BCUT2D eigenvalue weighted by molar-refractivity contribution is 6.37. The fraction of sp³-hybridized carbons (Fsp3) is 0.235. The van der Waals surface area contributed by atoms with Gasteiger partial charge in [-0.1, -0.05) is 23.2 Å². The standard InChI is InChI=1S/C17H10Cl2F7NO2/c18-9-2-3-10(11(19)6-9)14(28)27-12-5-8(17(24,25)26)1-4-13(12)29-7-16(22,23)15(20)21/h1-6,15H,7H2,(H,27,28). The molecule has 1 amide bonds. The van der Waals surface area contributed by atoms with E-state index in [0.717, 1.165) is 0 Å². The van der Waals surface area contributed by atoms with Gasteiger partial charge in [-0.05, 0) is 36.4 Å². The summed E-state index contributed by atoms with van der Waals surface area (Å²) in [6.45, 7) is -1.82. The van der Waals surface area contributed by atoms with Crippen molar-refractivity contribution in [3.63, 3.8) is 0 Å². The van der Waals surface area contributed by atoms with Crippen LogP contribution in [0, 0.1) is 0 Å². The third kappa shape index (κ3) is 5.89. The van der Waals surface area contributed by atoms with Gasteiger partial charge in [-0.3, -0.25) is 4.79 Å². The summed E-state index contributed by atoms with van der Waals surface area (Å²) in [5.41, 5.74) is -2.08. The van der Waals surface area contributed by atoms with Crippen LogP contribution in [0.5, 0.6) is 5.75 Å². The molecule has 3 nitrogen and oxygen atoms in total. The number of hydrogen-bond donors (Lipinski definition) is 1. The van der Waals surface area contributed by atoms with E-state index in [-0.39, 0.29) is 15.6 Å². The van der Waals surface area contributed by atoms with Crippen molar-refractivity contribution >= 4 is 34.8 Å². The number of nitrogens with one attached hydrogen (secondary N) is 1. The molecule has 0 unspecified atom stereocenters. The zero-order valence-electron chi connectivity index (χ0n) is 14.0. The molecule has 0 radical (unpaired) electrons. The maximum atomic E-state index is 13.1. The van der Waals surface area contributed by atoms with E-state index >= 15 is 0 Å². The van der Waals surface area contributed by atoms with Crippen LogP contribution in [0.3, 0.4) is 0 Å². The third-order valence-corrected chi connectivity index (χ3v) is 4.02. The van der Waals surface area contributed by atoms with Crippen LogP contribution in [0.2, 0.25) is 10.0 Å². The number of alkyl halides is 7. The predicted molar refractivity (Wildman–Crippen MR) is 92.3 cm³/mol. The van der Waals surface area contributed by atoms with Gasteiger partial charge < -0.3 is 10.1 Å². The van der Waals surface area contributed by atoms with E-state index in [0.29, 0.717) is 18.2 Å². The minimum atomic E-state index is -4.83. The fourth-order valence-electron chi connectivity index (χ4n) is 2.03. The summed E-state index contributed by atoms with van der Waals surface area (Å²) in [5, 5.41) is 2.09. The van der Waals surface area contributed by atoms with E-state index in [1.54, 1.807) is 0 Å². The van der Waals surface area contributed by atoms with Crippen LogP contribution in [0.1, 0.15) is 15.9 Å². The van der Waals surface area contributed by atoms with Gasteiger partial charge in [0.25, 0.3) is 5.91 Å². The Morgan fingerprint density at radius 2 is 1.69 bits per heavy atom. The molecule has 0 aliphatic rings. The molecule has 29 heavy (non-hydrogen) atoms. The van der Waals surface area contributed by atoms with Gasteiger partial charge in [-0.15, -0.1) is 0 Å². The second kappa shape index (κ2) is 8.66. The number of hydrogen-bond acceptors (Lipinski definition) is 2. The van der Waals surface area contributed by atoms with Crippen LogP contribution in [-0.2, 0) is 6.18 Å². The lowest BCUT2D eigenvalue weighted by Crippen LogP contribution is -2.34. The predicted octanol–water partition coefficient (Wildman–Crippen LogP) is 6.54. The summed E-state index contributed by atoms with van der Waals surface area (Å²) in [6, 6.07) is 5.20. The Morgan fingerprint density at radius 1 is 1.03 bits per heavy atom. The van der Waals surface area contributed by atoms with Crippen LogP contribution >= 0.6 is 23.2 Å². The van der Waals surface area contributed by atoms with Gasteiger partial charge in [-0.25, -0.2) is 8.78 Å². The zero-order chi connectivity index (χ0) is 22.0. The van der Waals surface area contributed by atoms with Crippen molar-refractivity contribution in [3.8, 4) is 5.75 Å². The zero-order valence-corrected chi connectivity index (χ0v) is 15.5. The smallest absolute Gasteiger partial charge is 0.416 e. The van der Waals surface area contributed by atoms with Gasteiger partial charge in [0.1, 0.15) is 5.75 Å². The van der Waals surface area contributed by atoms with Crippen molar-refractivity contribution in [2.24, 2.45) is 0 Å². The van der Waals surface area contributed by atoms with Gasteiger partial charge >= 0.3 is 18.5 Å². The summed E-state index contributed by atoms with van der Waals surface area (Å²) in [5.74, 6) is -6.23. The summed E-state index contributed by atoms with van der Waals surface area (Å²) in [6.07, 6.45) is -8.88. The van der Waals surface area contributed by atoms with Crippen LogP contribution in [0.25, 0.3) is 0 Å². The Balaban J connectivity index is 2.36. The molecular formula is C17H10Cl2F7NO2. The first-order chi connectivity index (χ1) is 13.3. The Morgan fingerprint density at radius 3 is 2.24 bits per heavy atom. The minimum Gasteiger partial charge on any atom is -0.485 e. The first-order valence-corrected chi connectivity index (χ1v) is 8.33. The molecule has 1 N–H and O–H groups in total. The molecule has 2 aromatic rings. The SMILES string of the molecule is O=C(Nc1cc(C(F)(F)F)ccc1OCC(F)(F)C(F)F)c1ccc(Cl)cc1Cl. The summed E-state index contributed by atoms with van der Waals surface area (Å²) >= 11 is 11.5. The van der Waals surface area contributed by atoms with Gasteiger partial charge in [0.05, 0.1) is 21.8 Å². The molecule has 0 fully saturated rings. The van der Waals surface area contributed by atoms with Gasteiger partial charge in [0.2, 0.25) is 0 Å². The number of ether oxygens (including phenoxy) is 1. The lowest BCUT2D eigenvalue weighted by molar-refractivity contribution is -0.148. The van der Waals surface area contributed by atoms with Crippen molar-refractivity contribution in [2.45, 2.75) is 18.5 Å². The first kappa shape index (κ1) is 23.1. The monoisotopic (exact) mass is 463 g/mol. The summed E-state index contributed by atoms with van der Waals surface area (Å²) in [4.78, 5) is 12.3. The average molecular weight is 464 g/mol. The number of benzene rings is 2. The molecule has 0 saturated heterocycles. The van der Waals surface area contributed by atoms with E-state index < -0.39 is 48.0 Å². The van der Waals surface area contributed by atoms with E-state index in [1.807, 2.05) is 5.32 Å². The molecule has 0 heterocycles. The Hall–Kier alpha value is -2.20. The maximum absolute atomic E-state index is 13.1. The van der Waals surface area contributed by atoms with E-state index in [9.17, 15) is 35.5 Å². The largest absolute Gasteiger partial charge is 0.485 e. The summed E-state index contributed by atoms with van der Waals surface area (Å²) in [7, 11) is 0. The summed E-state index contributed by atoms with van der Waals surface area (Å²) < 4.78 is 94.1. The van der Waals surface area contributed by atoms with Gasteiger partial charge in [-0.2, -0.15) is 22.0 Å². The van der Waals surface area contributed by atoms with Crippen LogP contribution in [-0.4, -0.2) is 24.9 Å². The lowest BCUT2D eigenvalue weighted by Gasteiger charge is -2.19. The van der Waals surface area contributed by atoms with Gasteiger partial charge in [0, 0.05) is 5.02 Å². The van der Waals surface area contributed by atoms with Crippen molar-refractivity contribution < 1.29 is 40.3 Å². The molecule has 2 aromatic carbocycles. The Labute approximate surface area is 169 Å².